The summed E-state index contributed by atoms with van der Waals surface area (Å²) in [6.07, 6.45) is 3.71. The zero-order valence-corrected chi connectivity index (χ0v) is 11.6. The lowest BCUT2D eigenvalue weighted by molar-refractivity contribution is -0.121. The molecule has 3 N–H and O–H groups in total. The number of amides is 1. The molecule has 0 saturated heterocycles. The van der Waals surface area contributed by atoms with E-state index in [0.717, 1.165) is 45.4 Å². The Morgan fingerprint density at radius 2 is 1.82 bits per heavy atom. The van der Waals surface area contributed by atoms with Crippen LogP contribution < -0.4 is 16.0 Å². The molecule has 17 heavy (non-hydrogen) atoms. The highest BCUT2D eigenvalue weighted by molar-refractivity contribution is 5.75. The molecule has 1 amide bonds. The van der Waals surface area contributed by atoms with Gasteiger partial charge in [0.2, 0.25) is 5.91 Å². The molecule has 0 spiro atoms. The summed E-state index contributed by atoms with van der Waals surface area (Å²) in [4.78, 5) is 11.4. The van der Waals surface area contributed by atoms with Crippen molar-refractivity contribution in [3.63, 3.8) is 0 Å². The fraction of sp³-hybridized carbons (Fsp3) is 0.923. The fourth-order valence-corrected chi connectivity index (χ4v) is 1.51. The van der Waals surface area contributed by atoms with Crippen LogP contribution in [0.2, 0.25) is 0 Å². The lowest BCUT2D eigenvalue weighted by Gasteiger charge is -2.08. The highest BCUT2D eigenvalue weighted by Crippen LogP contribution is 1.94. The van der Waals surface area contributed by atoms with Crippen molar-refractivity contribution >= 4 is 5.91 Å². The zero-order valence-electron chi connectivity index (χ0n) is 11.6. The molecule has 0 atom stereocenters. The third-order valence-corrected chi connectivity index (χ3v) is 2.49. The maximum absolute atomic E-state index is 11.4. The normalized spacial score (nSPS) is 10.8. The summed E-state index contributed by atoms with van der Waals surface area (Å²) in [6.45, 7) is 10.1. The summed E-state index contributed by atoms with van der Waals surface area (Å²) in [5.41, 5.74) is 0. The maximum Gasteiger partial charge on any atom is 0.219 e. The standard InChI is InChI=1S/C13H29N3O/c1-4-14-9-7-11-16-13(17)8-5-6-10-15-12(2)3/h12,14-15H,4-11H2,1-3H3,(H,16,17). The first-order chi connectivity index (χ1) is 8.16. The topological polar surface area (TPSA) is 53.2 Å². The van der Waals surface area contributed by atoms with E-state index in [4.69, 9.17) is 0 Å². The van der Waals surface area contributed by atoms with Gasteiger partial charge in [-0.15, -0.1) is 0 Å². The first-order valence-electron chi connectivity index (χ1n) is 6.87. The first kappa shape index (κ1) is 16.4. The Morgan fingerprint density at radius 3 is 2.47 bits per heavy atom. The average Bonchev–Trinajstić information content (AvgIpc) is 2.28. The molecule has 0 bridgehead atoms. The van der Waals surface area contributed by atoms with Gasteiger partial charge in [0.1, 0.15) is 0 Å². The second-order valence-electron chi connectivity index (χ2n) is 4.62. The van der Waals surface area contributed by atoms with Gasteiger partial charge < -0.3 is 16.0 Å². The molecule has 0 unspecified atom stereocenters. The van der Waals surface area contributed by atoms with Crippen LogP contribution in [0.4, 0.5) is 0 Å². The molecule has 0 saturated carbocycles. The Labute approximate surface area is 106 Å². The molecule has 0 aromatic rings. The molecule has 4 nitrogen and oxygen atoms in total. The number of unbranched alkanes of at least 4 members (excludes halogenated alkanes) is 1. The number of rotatable bonds is 11. The summed E-state index contributed by atoms with van der Waals surface area (Å²) in [5.74, 6) is 0.186. The lowest BCUT2D eigenvalue weighted by Crippen LogP contribution is -2.27. The van der Waals surface area contributed by atoms with E-state index in [2.05, 4.69) is 36.7 Å². The van der Waals surface area contributed by atoms with Gasteiger partial charge in [-0.2, -0.15) is 0 Å². The minimum absolute atomic E-state index is 0.186. The summed E-state index contributed by atoms with van der Waals surface area (Å²) in [7, 11) is 0. The highest BCUT2D eigenvalue weighted by atomic mass is 16.1. The van der Waals surface area contributed by atoms with Crippen molar-refractivity contribution in [2.24, 2.45) is 0 Å². The molecule has 0 rings (SSSR count). The van der Waals surface area contributed by atoms with E-state index in [1.165, 1.54) is 0 Å². The lowest BCUT2D eigenvalue weighted by atomic mass is 10.2. The van der Waals surface area contributed by atoms with Gasteiger partial charge in [-0.05, 0) is 38.9 Å². The van der Waals surface area contributed by atoms with Crippen molar-refractivity contribution in [1.29, 1.82) is 0 Å². The van der Waals surface area contributed by atoms with Gasteiger partial charge >= 0.3 is 0 Å². The maximum atomic E-state index is 11.4. The Morgan fingerprint density at radius 1 is 1.06 bits per heavy atom. The number of hydrogen-bond acceptors (Lipinski definition) is 3. The quantitative estimate of drug-likeness (QED) is 0.479. The van der Waals surface area contributed by atoms with Crippen LogP contribution in [0, 0.1) is 0 Å². The number of carbonyl (C=O) groups excluding carboxylic acids is 1. The molecule has 0 fully saturated rings. The Balaban J connectivity index is 3.18. The molecule has 102 valence electrons. The summed E-state index contributed by atoms with van der Waals surface area (Å²) < 4.78 is 0. The second kappa shape index (κ2) is 11.9. The molecule has 0 aliphatic rings. The SMILES string of the molecule is CCNCCCNC(=O)CCCCNC(C)C. The molecule has 4 heteroatoms. The van der Waals surface area contributed by atoms with Gasteiger partial charge in [0.25, 0.3) is 0 Å². The van der Waals surface area contributed by atoms with Crippen molar-refractivity contribution in [1.82, 2.24) is 16.0 Å². The van der Waals surface area contributed by atoms with Crippen LogP contribution in [-0.4, -0.2) is 38.1 Å². The largest absolute Gasteiger partial charge is 0.356 e. The Hall–Kier alpha value is -0.610. The van der Waals surface area contributed by atoms with Crippen LogP contribution in [0.1, 0.15) is 46.5 Å². The van der Waals surface area contributed by atoms with Gasteiger partial charge in [-0.25, -0.2) is 0 Å². The molecule has 0 aromatic carbocycles. The van der Waals surface area contributed by atoms with E-state index < -0.39 is 0 Å². The summed E-state index contributed by atoms with van der Waals surface area (Å²) in [5, 5.41) is 9.52. The van der Waals surface area contributed by atoms with Gasteiger partial charge in [-0.3, -0.25) is 4.79 Å². The van der Waals surface area contributed by atoms with E-state index in [1.54, 1.807) is 0 Å². The van der Waals surface area contributed by atoms with Crippen LogP contribution >= 0.6 is 0 Å². The van der Waals surface area contributed by atoms with E-state index in [0.29, 0.717) is 12.5 Å². The molecular formula is C13H29N3O. The molecule has 0 aromatic heterocycles. The zero-order chi connectivity index (χ0) is 12.9. The first-order valence-corrected chi connectivity index (χ1v) is 6.87. The van der Waals surface area contributed by atoms with Crippen LogP contribution in [0.25, 0.3) is 0 Å². The molecule has 0 radical (unpaired) electrons. The van der Waals surface area contributed by atoms with E-state index >= 15 is 0 Å². The van der Waals surface area contributed by atoms with Crippen LogP contribution in [-0.2, 0) is 4.79 Å². The highest BCUT2D eigenvalue weighted by Gasteiger charge is 2.00. The number of carbonyl (C=O) groups is 1. The van der Waals surface area contributed by atoms with Gasteiger partial charge in [0.15, 0.2) is 0 Å². The van der Waals surface area contributed by atoms with Crippen molar-refractivity contribution in [3.8, 4) is 0 Å². The van der Waals surface area contributed by atoms with Crippen molar-refractivity contribution in [3.05, 3.63) is 0 Å². The Kier molecular flexibility index (Phi) is 11.4. The predicted octanol–water partition coefficient (Wildman–Crippen LogP) is 1.27. The average molecular weight is 243 g/mol. The summed E-state index contributed by atoms with van der Waals surface area (Å²) in [6, 6.07) is 0.537. The van der Waals surface area contributed by atoms with E-state index in [-0.39, 0.29) is 5.91 Å². The van der Waals surface area contributed by atoms with Crippen LogP contribution in [0.5, 0.6) is 0 Å². The minimum atomic E-state index is 0.186. The van der Waals surface area contributed by atoms with Crippen LogP contribution in [0.3, 0.4) is 0 Å². The molecule has 0 aliphatic heterocycles. The van der Waals surface area contributed by atoms with E-state index in [9.17, 15) is 4.79 Å². The van der Waals surface area contributed by atoms with Gasteiger partial charge in [0.05, 0.1) is 0 Å². The summed E-state index contributed by atoms with van der Waals surface area (Å²) >= 11 is 0. The smallest absolute Gasteiger partial charge is 0.219 e. The molecular weight excluding hydrogens is 214 g/mol. The van der Waals surface area contributed by atoms with Crippen molar-refractivity contribution < 1.29 is 4.79 Å². The second-order valence-corrected chi connectivity index (χ2v) is 4.62. The number of hydrogen-bond donors (Lipinski definition) is 3. The molecule has 0 heterocycles. The number of nitrogens with one attached hydrogen (secondary N) is 3. The monoisotopic (exact) mass is 243 g/mol. The predicted molar refractivity (Wildman–Crippen MR) is 73.2 cm³/mol. The van der Waals surface area contributed by atoms with Crippen LogP contribution in [0.15, 0.2) is 0 Å². The molecule has 0 aliphatic carbocycles. The fourth-order valence-electron chi connectivity index (χ4n) is 1.51. The van der Waals surface area contributed by atoms with Crippen molar-refractivity contribution in [2.45, 2.75) is 52.5 Å². The van der Waals surface area contributed by atoms with Gasteiger partial charge in [-0.1, -0.05) is 20.8 Å². The van der Waals surface area contributed by atoms with E-state index in [1.807, 2.05) is 0 Å². The third-order valence-electron chi connectivity index (χ3n) is 2.49. The Bertz CT molecular complexity index is 184. The van der Waals surface area contributed by atoms with Crippen molar-refractivity contribution in [2.75, 3.05) is 26.2 Å². The minimum Gasteiger partial charge on any atom is -0.356 e. The third kappa shape index (κ3) is 13.3. The van der Waals surface area contributed by atoms with Gasteiger partial charge in [0, 0.05) is 19.0 Å².